The van der Waals surface area contributed by atoms with E-state index >= 15 is 0 Å². The lowest BCUT2D eigenvalue weighted by Gasteiger charge is -2.09. The third-order valence-corrected chi connectivity index (χ3v) is 3.67. The molecule has 0 heterocycles. The minimum atomic E-state index is -4.01. The van der Waals surface area contributed by atoms with Gasteiger partial charge in [0, 0.05) is 0 Å². The molecule has 0 aromatic heterocycles. The zero-order valence-corrected chi connectivity index (χ0v) is 9.97. The van der Waals surface area contributed by atoms with E-state index in [4.69, 9.17) is 5.14 Å². The van der Waals surface area contributed by atoms with Crippen molar-refractivity contribution in [2.75, 3.05) is 11.8 Å². The summed E-state index contributed by atoms with van der Waals surface area (Å²) in [6.45, 7) is 0. The predicted octanol–water partition coefficient (Wildman–Crippen LogP) is -0.790. The van der Waals surface area contributed by atoms with Crippen LogP contribution in [0.25, 0.3) is 0 Å². The van der Waals surface area contributed by atoms with Crippen LogP contribution >= 0.6 is 0 Å². The Labute approximate surface area is 93.9 Å². The van der Waals surface area contributed by atoms with Crippen molar-refractivity contribution in [1.82, 2.24) is 4.72 Å². The van der Waals surface area contributed by atoms with Crippen LogP contribution < -0.4 is 14.6 Å². The van der Waals surface area contributed by atoms with Crippen LogP contribution in [0.1, 0.15) is 0 Å². The zero-order chi connectivity index (χ0) is 12.4. The van der Waals surface area contributed by atoms with Crippen LogP contribution in [-0.4, -0.2) is 23.9 Å². The Bertz CT molecular complexity index is 579. The first-order valence-corrected chi connectivity index (χ1v) is 7.12. The van der Waals surface area contributed by atoms with E-state index in [0.717, 1.165) is 0 Å². The number of hydrogen-bond acceptors (Lipinski definition) is 4. The van der Waals surface area contributed by atoms with Crippen LogP contribution in [-0.2, 0) is 20.2 Å². The second kappa shape index (κ2) is 4.37. The molecular formula is C7H11N3O4S2. The molecule has 0 bridgehead atoms. The first kappa shape index (κ1) is 12.9. The Hall–Kier alpha value is -1.16. The van der Waals surface area contributed by atoms with E-state index in [9.17, 15) is 16.8 Å². The van der Waals surface area contributed by atoms with Gasteiger partial charge in [-0.2, -0.15) is 8.42 Å². The molecule has 0 aliphatic carbocycles. The maximum Gasteiger partial charge on any atom is 0.296 e. The maximum atomic E-state index is 11.5. The molecule has 90 valence electrons. The minimum absolute atomic E-state index is 0.0978. The Morgan fingerprint density at radius 3 is 2.19 bits per heavy atom. The molecule has 0 aliphatic heterocycles. The van der Waals surface area contributed by atoms with E-state index in [1.165, 1.54) is 31.3 Å². The van der Waals surface area contributed by atoms with Gasteiger partial charge in [-0.25, -0.2) is 18.3 Å². The minimum Gasteiger partial charge on any atom is -0.270 e. The van der Waals surface area contributed by atoms with Gasteiger partial charge in [-0.15, -0.1) is 0 Å². The Balaban J connectivity index is 3.32. The highest BCUT2D eigenvalue weighted by atomic mass is 32.2. The van der Waals surface area contributed by atoms with Gasteiger partial charge in [0.2, 0.25) is 10.0 Å². The lowest BCUT2D eigenvalue weighted by atomic mass is 10.3. The molecule has 1 rings (SSSR count). The van der Waals surface area contributed by atoms with Crippen LogP contribution in [0.5, 0.6) is 0 Å². The largest absolute Gasteiger partial charge is 0.296 e. The van der Waals surface area contributed by atoms with Gasteiger partial charge in [-0.3, -0.25) is 4.72 Å². The first-order valence-electron chi connectivity index (χ1n) is 4.09. The monoisotopic (exact) mass is 265 g/mol. The number of rotatable bonds is 4. The highest BCUT2D eigenvalue weighted by Crippen LogP contribution is 2.20. The molecular weight excluding hydrogens is 254 g/mol. The normalized spacial score (nSPS) is 12.4. The summed E-state index contributed by atoms with van der Waals surface area (Å²) in [5.41, 5.74) is -0.0978. The molecule has 0 saturated heterocycles. The highest BCUT2D eigenvalue weighted by Gasteiger charge is 2.17. The van der Waals surface area contributed by atoms with E-state index in [1.54, 1.807) is 0 Å². The van der Waals surface area contributed by atoms with Crippen LogP contribution in [0, 0.1) is 0 Å². The number of hydrogen-bond donors (Lipinski definition) is 3. The summed E-state index contributed by atoms with van der Waals surface area (Å²) in [5, 5.41) is 4.77. The molecule has 4 N–H and O–H groups in total. The smallest absolute Gasteiger partial charge is 0.270 e. The van der Waals surface area contributed by atoms with Crippen molar-refractivity contribution in [3.8, 4) is 0 Å². The van der Waals surface area contributed by atoms with Gasteiger partial charge in [0.1, 0.15) is 4.90 Å². The molecule has 0 spiro atoms. The van der Waals surface area contributed by atoms with E-state index in [-0.39, 0.29) is 10.6 Å². The Morgan fingerprint density at radius 2 is 1.69 bits per heavy atom. The van der Waals surface area contributed by atoms with Gasteiger partial charge < -0.3 is 0 Å². The van der Waals surface area contributed by atoms with Crippen LogP contribution in [0.2, 0.25) is 0 Å². The summed E-state index contributed by atoms with van der Waals surface area (Å²) in [5.74, 6) is 0. The molecule has 0 radical (unpaired) electrons. The number of sulfonamides is 1. The fourth-order valence-corrected chi connectivity index (χ4v) is 2.48. The second-order valence-corrected chi connectivity index (χ2v) is 6.00. The molecule has 16 heavy (non-hydrogen) atoms. The average Bonchev–Trinajstić information content (AvgIpc) is 2.16. The Morgan fingerprint density at radius 1 is 1.12 bits per heavy atom. The average molecular weight is 265 g/mol. The lowest BCUT2D eigenvalue weighted by molar-refractivity contribution is 0.588. The van der Waals surface area contributed by atoms with E-state index in [0.29, 0.717) is 0 Å². The molecule has 1 aromatic rings. The number of anilines is 1. The molecule has 0 atom stereocenters. The molecule has 7 nitrogen and oxygen atoms in total. The van der Waals surface area contributed by atoms with Crippen molar-refractivity contribution < 1.29 is 16.8 Å². The maximum absolute atomic E-state index is 11.5. The molecule has 0 fully saturated rings. The van der Waals surface area contributed by atoms with Crippen LogP contribution in [0.4, 0.5) is 5.69 Å². The van der Waals surface area contributed by atoms with Gasteiger partial charge in [0.25, 0.3) is 10.2 Å². The quantitative estimate of drug-likeness (QED) is 0.661. The molecule has 0 aliphatic rings. The predicted molar refractivity (Wildman–Crippen MR) is 59.4 cm³/mol. The number of nitrogens with one attached hydrogen (secondary N) is 2. The standard InChI is InChI=1S/C7H11N3O4S2/c1-9-15(11,12)7-5-3-2-4-6(7)10-16(8,13)14/h2-5,9-10H,1H3,(H2,8,13,14). The van der Waals surface area contributed by atoms with Crippen LogP contribution in [0.15, 0.2) is 29.2 Å². The lowest BCUT2D eigenvalue weighted by Crippen LogP contribution is -2.25. The van der Waals surface area contributed by atoms with Gasteiger partial charge in [-0.1, -0.05) is 12.1 Å². The van der Waals surface area contributed by atoms with E-state index in [2.05, 4.69) is 4.72 Å². The summed E-state index contributed by atoms with van der Waals surface area (Å²) >= 11 is 0. The van der Waals surface area contributed by atoms with Gasteiger partial charge in [-0.05, 0) is 19.2 Å². The van der Waals surface area contributed by atoms with Crippen molar-refractivity contribution in [2.24, 2.45) is 5.14 Å². The fourth-order valence-electron chi connectivity index (χ4n) is 1.05. The van der Waals surface area contributed by atoms with Crippen molar-refractivity contribution in [3.63, 3.8) is 0 Å². The van der Waals surface area contributed by atoms with Crippen molar-refractivity contribution >= 4 is 25.9 Å². The summed E-state index contributed by atoms with van der Waals surface area (Å²) < 4.78 is 48.7. The SMILES string of the molecule is CNS(=O)(=O)c1ccccc1NS(N)(=O)=O. The van der Waals surface area contributed by atoms with E-state index in [1.807, 2.05) is 4.72 Å². The molecule has 0 unspecified atom stereocenters. The number of benzene rings is 1. The molecule has 0 saturated carbocycles. The van der Waals surface area contributed by atoms with Crippen LogP contribution in [0.3, 0.4) is 0 Å². The second-order valence-electron chi connectivity index (χ2n) is 2.85. The third kappa shape index (κ3) is 3.17. The van der Waals surface area contributed by atoms with Crippen molar-refractivity contribution in [1.29, 1.82) is 0 Å². The summed E-state index contributed by atoms with van der Waals surface area (Å²) in [4.78, 5) is -0.188. The summed E-state index contributed by atoms with van der Waals surface area (Å²) in [6.07, 6.45) is 0. The first-order chi connectivity index (χ1) is 7.26. The van der Waals surface area contributed by atoms with Crippen molar-refractivity contribution in [2.45, 2.75) is 4.90 Å². The molecule has 0 amide bonds. The highest BCUT2D eigenvalue weighted by molar-refractivity contribution is 7.91. The summed E-state index contributed by atoms with van der Waals surface area (Å²) in [7, 11) is -6.52. The summed E-state index contributed by atoms with van der Waals surface area (Å²) in [6, 6.07) is 5.52. The van der Waals surface area contributed by atoms with Crippen molar-refractivity contribution in [3.05, 3.63) is 24.3 Å². The van der Waals surface area contributed by atoms with Gasteiger partial charge >= 0.3 is 0 Å². The van der Waals surface area contributed by atoms with Gasteiger partial charge in [0.15, 0.2) is 0 Å². The van der Waals surface area contributed by atoms with Gasteiger partial charge in [0.05, 0.1) is 5.69 Å². The number of nitrogens with two attached hydrogens (primary N) is 1. The fraction of sp³-hybridized carbons (Fsp3) is 0.143. The van der Waals surface area contributed by atoms with E-state index < -0.39 is 20.2 Å². The number of para-hydroxylation sites is 1. The molecule has 9 heteroatoms. The topological polar surface area (TPSA) is 118 Å². The zero-order valence-electron chi connectivity index (χ0n) is 8.34. The Kier molecular flexibility index (Phi) is 3.53. The third-order valence-electron chi connectivity index (χ3n) is 1.70. The molecule has 1 aromatic carbocycles.